The van der Waals surface area contributed by atoms with Gasteiger partial charge in [0.2, 0.25) is 0 Å². The van der Waals surface area contributed by atoms with Crippen LogP contribution in [0.2, 0.25) is 0 Å². The summed E-state index contributed by atoms with van der Waals surface area (Å²) in [7, 11) is -2.97. The molecule has 30 heavy (non-hydrogen) atoms. The molecule has 1 aliphatic heterocycles. The number of pyridine rings is 1. The summed E-state index contributed by atoms with van der Waals surface area (Å²) in [5, 5.41) is 0.842. The van der Waals surface area contributed by atoms with E-state index in [2.05, 4.69) is 11.1 Å². The minimum atomic E-state index is -2.97. The lowest BCUT2D eigenvalue weighted by Crippen LogP contribution is -2.07. The van der Waals surface area contributed by atoms with Crippen molar-refractivity contribution in [2.24, 2.45) is 4.74 Å². The summed E-state index contributed by atoms with van der Waals surface area (Å²) in [6, 6.07) is 33.2. The van der Waals surface area contributed by atoms with Crippen molar-refractivity contribution in [1.29, 1.82) is 0 Å². The molecule has 5 heteroatoms. The zero-order valence-corrected chi connectivity index (χ0v) is 17.0. The van der Waals surface area contributed by atoms with Gasteiger partial charge in [0, 0.05) is 11.8 Å². The summed E-state index contributed by atoms with van der Waals surface area (Å²) < 4.78 is 18.3. The van der Waals surface area contributed by atoms with Gasteiger partial charge in [0.15, 0.2) is 0 Å². The lowest BCUT2D eigenvalue weighted by molar-refractivity contribution is 0.488. The molecule has 3 aromatic carbocycles. The van der Waals surface area contributed by atoms with Crippen LogP contribution in [0.5, 0.6) is 11.5 Å². The highest BCUT2D eigenvalue weighted by molar-refractivity contribution is 7.68. The van der Waals surface area contributed by atoms with Crippen LogP contribution in [-0.4, -0.2) is 4.98 Å². The third-order valence-corrected chi connectivity index (χ3v) is 7.01. The smallest absolute Gasteiger partial charge is 0.353 e. The van der Waals surface area contributed by atoms with Crippen molar-refractivity contribution in [3.8, 4) is 11.5 Å². The molecule has 0 amide bonds. The fraction of sp³-hybridized carbons (Fsp3) is 0. The van der Waals surface area contributed by atoms with Gasteiger partial charge in [-0.15, -0.1) is 0 Å². The summed E-state index contributed by atoms with van der Waals surface area (Å²) in [6.45, 7) is 0. The van der Waals surface area contributed by atoms with Gasteiger partial charge in [-0.05, 0) is 48.5 Å². The Labute approximate surface area is 175 Å². The molecule has 0 N–H and O–H groups in total. The van der Waals surface area contributed by atoms with Gasteiger partial charge >= 0.3 is 7.51 Å². The van der Waals surface area contributed by atoms with E-state index in [-0.39, 0.29) is 0 Å². The van der Waals surface area contributed by atoms with E-state index in [9.17, 15) is 0 Å². The Morgan fingerprint density at radius 1 is 0.600 bits per heavy atom. The lowest BCUT2D eigenvalue weighted by atomic mass is 10.1. The molecule has 5 rings (SSSR count). The molecule has 0 bridgehead atoms. The number of benzene rings is 3. The Morgan fingerprint density at radius 3 is 1.83 bits per heavy atom. The van der Waals surface area contributed by atoms with Crippen molar-refractivity contribution in [3.63, 3.8) is 0 Å². The minimum absolute atomic E-state index is 0.701. The number of aromatic nitrogens is 1. The fourth-order valence-electron chi connectivity index (χ4n) is 3.26. The van der Waals surface area contributed by atoms with Crippen LogP contribution >= 0.6 is 7.51 Å². The van der Waals surface area contributed by atoms with Gasteiger partial charge in [-0.1, -0.05) is 60.7 Å². The number of para-hydroxylation sites is 2. The molecule has 4 aromatic rings. The van der Waals surface area contributed by atoms with Crippen LogP contribution in [0.15, 0.2) is 114 Å². The first-order valence-corrected chi connectivity index (χ1v) is 11.2. The average molecular weight is 410 g/mol. The summed E-state index contributed by atoms with van der Waals surface area (Å²) in [5.74, 6) is 1.40. The number of rotatable bonds is 5. The second-order valence-electron chi connectivity index (χ2n) is 6.73. The highest BCUT2D eigenvalue weighted by Crippen LogP contribution is 2.66. The number of nitrogens with zero attached hydrogens (tertiary/aromatic N) is 2. The van der Waals surface area contributed by atoms with E-state index >= 15 is 0 Å². The molecular weight excluding hydrogens is 391 g/mol. The van der Waals surface area contributed by atoms with E-state index < -0.39 is 7.51 Å². The van der Waals surface area contributed by atoms with E-state index in [1.54, 1.807) is 6.20 Å². The zero-order valence-electron chi connectivity index (χ0n) is 16.1. The van der Waals surface area contributed by atoms with E-state index in [1.165, 1.54) is 0 Å². The maximum absolute atomic E-state index is 6.58. The van der Waals surface area contributed by atoms with Gasteiger partial charge in [-0.3, -0.25) is 4.98 Å². The monoisotopic (exact) mass is 410 g/mol. The van der Waals surface area contributed by atoms with Crippen molar-refractivity contribution >= 4 is 24.6 Å². The van der Waals surface area contributed by atoms with Gasteiger partial charge in [-0.2, -0.15) is 4.74 Å². The standard InChI is InChI=1S/C25H19N2O2P/c1-3-12-21(13-4-1)28-30(29-22-14-5-2-6-15-22)25(24-17-9-10-18-26-24)19-20-11-7-8-16-23(20)27-30/h1-19H. The fourth-order valence-corrected chi connectivity index (χ4v) is 5.69. The highest BCUT2D eigenvalue weighted by Gasteiger charge is 2.36. The maximum atomic E-state index is 6.58. The topological polar surface area (TPSA) is 43.7 Å². The van der Waals surface area contributed by atoms with Gasteiger partial charge in [0.05, 0.1) is 16.7 Å². The molecule has 0 saturated carbocycles. The number of hydrogen-bond donors (Lipinski definition) is 0. The maximum Gasteiger partial charge on any atom is 0.353 e. The quantitative estimate of drug-likeness (QED) is 0.322. The average Bonchev–Trinajstić information content (AvgIpc) is 2.80. The summed E-state index contributed by atoms with van der Waals surface area (Å²) in [5.41, 5.74) is 2.65. The molecule has 0 atom stereocenters. The van der Waals surface area contributed by atoms with Gasteiger partial charge in [0.1, 0.15) is 11.5 Å². The van der Waals surface area contributed by atoms with Crippen LogP contribution in [0.4, 0.5) is 5.69 Å². The van der Waals surface area contributed by atoms with E-state index in [4.69, 9.17) is 13.8 Å². The molecule has 0 radical (unpaired) electrons. The predicted molar refractivity (Wildman–Crippen MR) is 122 cm³/mol. The molecule has 1 aliphatic rings. The van der Waals surface area contributed by atoms with Crippen molar-refractivity contribution in [3.05, 3.63) is 121 Å². The molecule has 4 nitrogen and oxygen atoms in total. The molecule has 0 spiro atoms. The first-order chi connectivity index (χ1) is 14.8. The van der Waals surface area contributed by atoms with Crippen LogP contribution in [0.3, 0.4) is 0 Å². The van der Waals surface area contributed by atoms with Crippen molar-refractivity contribution in [2.45, 2.75) is 0 Å². The number of fused-ring (bicyclic) bond motifs is 1. The Balaban J connectivity index is 1.75. The highest BCUT2D eigenvalue weighted by atomic mass is 31.2. The van der Waals surface area contributed by atoms with Crippen LogP contribution in [0, 0.1) is 0 Å². The van der Waals surface area contributed by atoms with Crippen LogP contribution < -0.4 is 9.05 Å². The molecule has 0 unspecified atom stereocenters. The molecule has 146 valence electrons. The van der Waals surface area contributed by atoms with Crippen molar-refractivity contribution < 1.29 is 9.05 Å². The Bertz CT molecular complexity index is 1190. The summed E-state index contributed by atoms with van der Waals surface area (Å²) >= 11 is 0. The van der Waals surface area contributed by atoms with Gasteiger partial charge in [-0.25, -0.2) is 0 Å². The van der Waals surface area contributed by atoms with E-state index in [0.717, 1.165) is 22.3 Å². The van der Waals surface area contributed by atoms with Crippen LogP contribution in [-0.2, 0) is 0 Å². The first-order valence-electron chi connectivity index (χ1n) is 9.67. The second kappa shape index (κ2) is 8.02. The molecule has 2 heterocycles. The molecular formula is C25H19N2O2P. The Morgan fingerprint density at radius 2 is 1.20 bits per heavy atom. The third kappa shape index (κ3) is 3.66. The third-order valence-electron chi connectivity index (χ3n) is 4.64. The number of hydrogen-bond acceptors (Lipinski definition) is 4. The van der Waals surface area contributed by atoms with Crippen molar-refractivity contribution in [1.82, 2.24) is 4.98 Å². The van der Waals surface area contributed by atoms with Gasteiger partial charge in [0.25, 0.3) is 0 Å². The summed E-state index contributed by atoms with van der Waals surface area (Å²) in [4.78, 5) is 4.59. The van der Waals surface area contributed by atoms with Gasteiger partial charge < -0.3 is 9.05 Å². The molecule has 0 aliphatic carbocycles. The Kier molecular flexibility index (Phi) is 4.92. The largest absolute Gasteiger partial charge is 0.427 e. The Hall–Kier alpha value is -3.62. The lowest BCUT2D eigenvalue weighted by Gasteiger charge is -2.30. The first kappa shape index (κ1) is 18.4. The molecule has 1 aromatic heterocycles. The van der Waals surface area contributed by atoms with E-state index in [0.29, 0.717) is 11.5 Å². The molecule has 0 saturated heterocycles. The van der Waals surface area contributed by atoms with Crippen LogP contribution in [0.1, 0.15) is 11.3 Å². The van der Waals surface area contributed by atoms with E-state index in [1.807, 2.05) is 103 Å². The zero-order chi connectivity index (χ0) is 20.2. The predicted octanol–water partition coefficient (Wildman–Crippen LogP) is 7.41. The minimum Gasteiger partial charge on any atom is -0.427 e. The van der Waals surface area contributed by atoms with Crippen molar-refractivity contribution in [2.75, 3.05) is 0 Å². The molecule has 0 fully saturated rings. The SMILES string of the molecule is C1=C(c2ccccn2)P(Oc2ccccc2)(Oc2ccccc2)=Nc2ccccc21. The second-order valence-corrected chi connectivity index (χ2v) is 8.82. The van der Waals surface area contributed by atoms with Crippen LogP contribution in [0.25, 0.3) is 11.4 Å². The normalized spacial score (nSPS) is 14.1. The summed E-state index contributed by atoms with van der Waals surface area (Å²) in [6.07, 6.45) is 3.86.